The predicted molar refractivity (Wildman–Crippen MR) is 101 cm³/mol. The first-order valence-electron chi connectivity index (χ1n) is 7.54. The van der Waals surface area contributed by atoms with Crippen LogP contribution in [0.15, 0.2) is 98.1 Å². The van der Waals surface area contributed by atoms with Gasteiger partial charge in [-0.2, -0.15) is 0 Å². The molecule has 4 rings (SSSR count). The van der Waals surface area contributed by atoms with Crippen LogP contribution in [0.3, 0.4) is 0 Å². The molecule has 2 radical (unpaired) electrons. The van der Waals surface area contributed by atoms with Crippen LogP contribution in [0.25, 0.3) is 22.3 Å². The van der Waals surface area contributed by atoms with Crippen molar-refractivity contribution >= 4 is 0 Å². The molecule has 4 nitrogen and oxygen atoms in total. The first-order valence-corrected chi connectivity index (χ1v) is 7.54. The average molecular weight is 505 g/mol. The van der Waals surface area contributed by atoms with Crippen LogP contribution < -0.4 is 0 Å². The van der Waals surface area contributed by atoms with Gasteiger partial charge in [0, 0.05) is 115 Å². The number of rotatable bonds is 2. The summed E-state index contributed by atoms with van der Waals surface area (Å²) in [7, 11) is 0. The fourth-order valence-corrected chi connectivity index (χ4v) is 2.18. The Morgan fingerprint density at radius 1 is 0.333 bits per heavy atom. The molecule has 4 aromatic rings. The third kappa shape index (κ3) is 8.57. The van der Waals surface area contributed by atoms with Gasteiger partial charge in [0.05, 0.1) is 0 Å². The van der Waals surface area contributed by atoms with Gasteiger partial charge in [-0.05, 0) is 70.8 Å². The van der Waals surface area contributed by atoms with Crippen molar-refractivity contribution in [3.63, 3.8) is 0 Å². The smallest absolute Gasteiger partial charge is 0.0273 e. The fraction of sp³-hybridized carbons (Fsp3) is 0. The van der Waals surface area contributed by atoms with E-state index in [-0.39, 0.29) is 72.8 Å². The summed E-state index contributed by atoms with van der Waals surface area (Å²) in [5, 5.41) is 0. The first kappa shape index (κ1) is 25.8. The van der Waals surface area contributed by atoms with Crippen molar-refractivity contribution in [3.8, 4) is 22.3 Å². The summed E-state index contributed by atoms with van der Waals surface area (Å²) < 4.78 is 0. The molecule has 4 aromatic heterocycles. The fourth-order valence-electron chi connectivity index (χ4n) is 2.18. The van der Waals surface area contributed by atoms with Crippen LogP contribution in [-0.2, 0) is 65.4 Å². The van der Waals surface area contributed by atoms with Crippen LogP contribution in [0.4, 0.5) is 0 Å². The van der Waals surface area contributed by atoms with Gasteiger partial charge in [0.2, 0.25) is 0 Å². The zero-order chi connectivity index (χ0) is 16.5. The van der Waals surface area contributed by atoms with Crippen molar-refractivity contribution in [1.29, 1.82) is 0 Å². The van der Waals surface area contributed by atoms with Crippen molar-refractivity contribution in [2.75, 3.05) is 0 Å². The summed E-state index contributed by atoms with van der Waals surface area (Å²) in [4.78, 5) is 15.8. The third-order valence-electron chi connectivity index (χ3n) is 3.39. The quantitative estimate of drug-likeness (QED) is 0.370. The van der Waals surface area contributed by atoms with Crippen molar-refractivity contribution < 1.29 is 65.4 Å². The molecule has 0 unspecified atom stereocenters. The van der Waals surface area contributed by atoms with Crippen LogP contribution in [0.5, 0.6) is 0 Å². The Morgan fingerprint density at radius 3 is 0.630 bits per heavy atom. The molecule has 0 bridgehead atoms. The summed E-state index contributed by atoms with van der Waals surface area (Å²) in [6.45, 7) is 0. The topological polar surface area (TPSA) is 51.6 Å². The maximum atomic E-state index is 3.96. The summed E-state index contributed by atoms with van der Waals surface area (Å²) >= 11 is 0. The van der Waals surface area contributed by atoms with E-state index in [9.17, 15) is 0 Å². The monoisotopic (exact) mass is 505 g/mol. The van der Waals surface area contributed by atoms with Gasteiger partial charge >= 0.3 is 0 Å². The van der Waals surface area contributed by atoms with E-state index in [0.29, 0.717) is 0 Å². The second-order valence-corrected chi connectivity index (χ2v) is 4.94. The molecule has 4 heterocycles. The number of hydrogen-bond donors (Lipinski definition) is 0. The summed E-state index contributed by atoms with van der Waals surface area (Å²) in [6, 6.07) is 15.9. The molecular formula is C21H19N4Y2-. The van der Waals surface area contributed by atoms with Gasteiger partial charge in [-0.15, -0.1) is 0 Å². The Bertz CT molecular complexity index is 696. The largest absolute Gasteiger partial charge is 0.358 e. The first-order chi connectivity index (χ1) is 11.9. The Labute approximate surface area is 211 Å². The van der Waals surface area contributed by atoms with Crippen molar-refractivity contribution in [3.05, 3.63) is 106 Å². The van der Waals surface area contributed by atoms with E-state index in [1.165, 1.54) is 22.3 Å². The van der Waals surface area contributed by atoms with Gasteiger partial charge in [0.25, 0.3) is 0 Å². The molecule has 0 amide bonds. The second kappa shape index (κ2) is 14.8. The molecule has 0 N–H and O–H groups in total. The number of aromatic nitrogens is 4. The minimum absolute atomic E-state index is 0. The zero-order valence-corrected chi connectivity index (χ0v) is 20.9. The second-order valence-electron chi connectivity index (χ2n) is 4.94. The number of pyridine rings is 4. The van der Waals surface area contributed by atoms with Crippen molar-refractivity contribution in [2.24, 2.45) is 0 Å². The molecule has 0 spiro atoms. The van der Waals surface area contributed by atoms with Crippen LogP contribution >= 0.6 is 0 Å². The third-order valence-corrected chi connectivity index (χ3v) is 3.39. The van der Waals surface area contributed by atoms with E-state index >= 15 is 0 Å². The van der Waals surface area contributed by atoms with Crippen molar-refractivity contribution in [1.82, 2.24) is 19.9 Å². The van der Waals surface area contributed by atoms with E-state index in [1.54, 1.807) is 49.6 Å². The molecule has 0 aliphatic heterocycles. The van der Waals surface area contributed by atoms with Crippen LogP contribution in [-0.4, -0.2) is 19.9 Å². The SMILES string of the molecule is [CH3-].[Y].[Y].c1cc(-c2ccncc2)ccn1.c1cc(-c2ccncc2)ccn1. The zero-order valence-electron chi connectivity index (χ0n) is 15.2. The minimum Gasteiger partial charge on any atom is -0.358 e. The number of nitrogens with zero attached hydrogens (tertiary/aromatic N) is 4. The molecule has 0 aliphatic rings. The number of hydrogen-bond acceptors (Lipinski definition) is 4. The molecular weight excluding hydrogens is 486 g/mol. The molecule has 0 atom stereocenters. The predicted octanol–water partition coefficient (Wildman–Crippen LogP) is 4.73. The van der Waals surface area contributed by atoms with Gasteiger partial charge in [-0.1, -0.05) is 0 Å². The molecule has 0 aliphatic carbocycles. The van der Waals surface area contributed by atoms with E-state index in [0.717, 1.165) is 0 Å². The normalized spacial score (nSPS) is 8.59. The van der Waals surface area contributed by atoms with E-state index in [2.05, 4.69) is 19.9 Å². The molecule has 0 saturated carbocycles. The van der Waals surface area contributed by atoms with Crippen LogP contribution in [0.2, 0.25) is 0 Å². The Kier molecular flexibility index (Phi) is 14.2. The Balaban J connectivity index is 0.000000451. The standard InChI is InChI=1S/2C10H8N2.CH3.2Y/c2*1-5-11-6-2-9(1)10-3-7-12-8-4-10;;;/h2*1-8H;1H3;;/q;;-1;;. The van der Waals surface area contributed by atoms with Gasteiger partial charge in [0.1, 0.15) is 0 Å². The van der Waals surface area contributed by atoms with E-state index in [1.807, 2.05) is 48.5 Å². The average Bonchev–Trinajstić information content (AvgIpc) is 2.71. The van der Waals surface area contributed by atoms with Crippen LogP contribution in [0, 0.1) is 7.43 Å². The molecule has 0 saturated heterocycles. The van der Waals surface area contributed by atoms with Gasteiger partial charge in [0.15, 0.2) is 0 Å². The summed E-state index contributed by atoms with van der Waals surface area (Å²) in [5.74, 6) is 0. The Morgan fingerprint density at radius 2 is 0.481 bits per heavy atom. The van der Waals surface area contributed by atoms with Crippen molar-refractivity contribution in [2.45, 2.75) is 0 Å². The molecule has 130 valence electrons. The van der Waals surface area contributed by atoms with E-state index in [4.69, 9.17) is 0 Å². The minimum atomic E-state index is 0. The van der Waals surface area contributed by atoms with Gasteiger partial charge in [-0.25, -0.2) is 0 Å². The summed E-state index contributed by atoms with van der Waals surface area (Å²) in [6.07, 6.45) is 14.3. The molecule has 0 aromatic carbocycles. The van der Waals surface area contributed by atoms with Crippen LogP contribution in [0.1, 0.15) is 0 Å². The maximum Gasteiger partial charge on any atom is 0.0273 e. The van der Waals surface area contributed by atoms with E-state index < -0.39 is 0 Å². The molecule has 27 heavy (non-hydrogen) atoms. The van der Waals surface area contributed by atoms with Gasteiger partial charge < -0.3 is 7.43 Å². The summed E-state index contributed by atoms with van der Waals surface area (Å²) in [5.41, 5.74) is 4.69. The Hall–Kier alpha value is -1.19. The van der Waals surface area contributed by atoms with Gasteiger partial charge in [-0.3, -0.25) is 19.9 Å². The molecule has 0 fully saturated rings. The molecule has 6 heteroatoms. The maximum absolute atomic E-state index is 3.96.